The summed E-state index contributed by atoms with van der Waals surface area (Å²) in [6.07, 6.45) is 2.14. The molecule has 0 bridgehead atoms. The van der Waals surface area contributed by atoms with Crippen LogP contribution < -0.4 is 16.0 Å². The summed E-state index contributed by atoms with van der Waals surface area (Å²) in [5.41, 5.74) is 1.56. The number of urea groups is 1. The minimum Gasteiger partial charge on any atom is -0.480 e. The Morgan fingerprint density at radius 3 is 2.44 bits per heavy atom. The van der Waals surface area contributed by atoms with Gasteiger partial charge in [-0.05, 0) is 36.6 Å². The molecule has 0 radical (unpaired) electrons. The average molecular weight is 367 g/mol. The van der Waals surface area contributed by atoms with E-state index in [0.717, 1.165) is 18.4 Å². The second-order valence-corrected chi connectivity index (χ2v) is 6.51. The quantitative estimate of drug-likeness (QED) is 0.603. The molecule has 7 nitrogen and oxygen atoms in total. The summed E-state index contributed by atoms with van der Waals surface area (Å²) in [7, 11) is 0. The zero-order valence-corrected chi connectivity index (χ0v) is 14.6. The van der Waals surface area contributed by atoms with E-state index in [-0.39, 0.29) is 24.1 Å². The lowest BCUT2D eigenvalue weighted by atomic mass is 10.1. The summed E-state index contributed by atoms with van der Waals surface area (Å²) in [6, 6.07) is 14.4. The summed E-state index contributed by atoms with van der Waals surface area (Å²) in [6.45, 7) is 0. The lowest BCUT2D eigenvalue weighted by Gasteiger charge is -2.15. The van der Waals surface area contributed by atoms with Gasteiger partial charge in [0.25, 0.3) is 5.91 Å². The molecule has 1 aliphatic rings. The first-order valence-electron chi connectivity index (χ1n) is 8.76. The maximum atomic E-state index is 12.5. The van der Waals surface area contributed by atoms with Crippen molar-refractivity contribution in [2.24, 2.45) is 0 Å². The van der Waals surface area contributed by atoms with Crippen LogP contribution in [0.15, 0.2) is 54.6 Å². The highest BCUT2D eigenvalue weighted by Gasteiger charge is 2.24. The molecule has 2 aromatic carbocycles. The maximum absolute atomic E-state index is 12.5. The molecule has 0 heterocycles. The Kier molecular flexibility index (Phi) is 5.71. The third kappa shape index (κ3) is 5.57. The number of hydrogen-bond acceptors (Lipinski definition) is 3. The summed E-state index contributed by atoms with van der Waals surface area (Å²) in [4.78, 5) is 35.8. The number of carboxylic acids is 1. The minimum atomic E-state index is -1.11. The molecule has 0 spiro atoms. The van der Waals surface area contributed by atoms with Gasteiger partial charge in [-0.1, -0.05) is 36.4 Å². The van der Waals surface area contributed by atoms with Gasteiger partial charge in [-0.15, -0.1) is 0 Å². The molecule has 1 fully saturated rings. The van der Waals surface area contributed by atoms with Crippen LogP contribution in [0.25, 0.3) is 0 Å². The molecule has 1 atom stereocenters. The molecule has 3 amide bonds. The first-order chi connectivity index (χ1) is 13.0. The van der Waals surface area contributed by atoms with Crippen LogP contribution in [0.4, 0.5) is 10.5 Å². The van der Waals surface area contributed by atoms with E-state index < -0.39 is 17.9 Å². The van der Waals surface area contributed by atoms with Crippen LogP contribution in [0.2, 0.25) is 0 Å². The molecule has 2 aromatic rings. The lowest BCUT2D eigenvalue weighted by Crippen LogP contribution is -2.42. The molecule has 0 aromatic heterocycles. The number of carbonyl (C=O) groups is 3. The molecule has 0 unspecified atom stereocenters. The van der Waals surface area contributed by atoms with Crippen molar-refractivity contribution in [2.45, 2.75) is 31.3 Å². The van der Waals surface area contributed by atoms with E-state index in [1.165, 1.54) is 6.07 Å². The normalized spacial score (nSPS) is 14.1. The molecule has 1 aliphatic carbocycles. The number of aliphatic carboxylic acids is 1. The molecule has 1 saturated carbocycles. The van der Waals surface area contributed by atoms with Crippen molar-refractivity contribution in [2.75, 3.05) is 5.32 Å². The van der Waals surface area contributed by atoms with Crippen LogP contribution in [0.3, 0.4) is 0 Å². The smallest absolute Gasteiger partial charge is 0.326 e. The molecule has 7 heteroatoms. The number of carbonyl (C=O) groups excluding carboxylic acids is 2. The average Bonchev–Trinajstić information content (AvgIpc) is 3.46. The number of hydrogen-bond donors (Lipinski definition) is 4. The fourth-order valence-electron chi connectivity index (χ4n) is 2.61. The lowest BCUT2D eigenvalue weighted by molar-refractivity contribution is -0.139. The van der Waals surface area contributed by atoms with Gasteiger partial charge < -0.3 is 21.1 Å². The molecular formula is C20H21N3O4. The summed E-state index contributed by atoms with van der Waals surface area (Å²) < 4.78 is 0. The van der Waals surface area contributed by atoms with Gasteiger partial charge in [0.15, 0.2) is 0 Å². The van der Waals surface area contributed by atoms with Crippen LogP contribution >= 0.6 is 0 Å². The minimum absolute atomic E-state index is 0.184. The van der Waals surface area contributed by atoms with Gasteiger partial charge in [-0.3, -0.25) is 4.79 Å². The van der Waals surface area contributed by atoms with Crippen LogP contribution in [-0.2, 0) is 11.2 Å². The van der Waals surface area contributed by atoms with Crippen molar-refractivity contribution in [1.82, 2.24) is 10.6 Å². The first kappa shape index (κ1) is 18.4. The predicted molar refractivity (Wildman–Crippen MR) is 101 cm³/mol. The van der Waals surface area contributed by atoms with Crippen molar-refractivity contribution in [3.63, 3.8) is 0 Å². The van der Waals surface area contributed by atoms with Crippen molar-refractivity contribution in [1.29, 1.82) is 0 Å². The summed E-state index contributed by atoms with van der Waals surface area (Å²) in [5, 5.41) is 17.4. The largest absolute Gasteiger partial charge is 0.480 e. The standard InChI is InChI=1S/C20H21N3O4/c24-18(23-17(19(25)26)11-13-5-2-1-3-6-13)14-7-4-8-16(12-14)22-20(27)21-15-9-10-15/h1-8,12,15,17H,9-11H2,(H,23,24)(H,25,26)(H2,21,22,27)/t17-/m1/s1. The highest BCUT2D eigenvalue weighted by Crippen LogP contribution is 2.19. The Bertz CT molecular complexity index is 834. The van der Waals surface area contributed by atoms with Gasteiger partial charge in [0.2, 0.25) is 0 Å². The Labute approximate surface area is 156 Å². The van der Waals surface area contributed by atoms with Gasteiger partial charge in [0, 0.05) is 23.7 Å². The molecule has 4 N–H and O–H groups in total. The maximum Gasteiger partial charge on any atom is 0.326 e. The number of amides is 3. The van der Waals surface area contributed by atoms with Crippen LogP contribution in [0.1, 0.15) is 28.8 Å². The van der Waals surface area contributed by atoms with E-state index >= 15 is 0 Å². The topological polar surface area (TPSA) is 108 Å². The third-order valence-corrected chi connectivity index (χ3v) is 4.18. The number of carboxylic acid groups (broad SMARTS) is 1. The number of anilines is 1. The highest BCUT2D eigenvalue weighted by molar-refractivity contribution is 5.98. The van der Waals surface area contributed by atoms with E-state index in [1.54, 1.807) is 18.2 Å². The Morgan fingerprint density at radius 1 is 1.04 bits per heavy atom. The Hall–Kier alpha value is -3.35. The van der Waals surface area contributed by atoms with E-state index in [4.69, 9.17) is 0 Å². The van der Waals surface area contributed by atoms with E-state index in [0.29, 0.717) is 5.69 Å². The zero-order valence-electron chi connectivity index (χ0n) is 14.6. The van der Waals surface area contributed by atoms with Gasteiger partial charge in [0.1, 0.15) is 6.04 Å². The van der Waals surface area contributed by atoms with Gasteiger partial charge in [0.05, 0.1) is 0 Å². The third-order valence-electron chi connectivity index (χ3n) is 4.18. The van der Waals surface area contributed by atoms with Gasteiger partial charge >= 0.3 is 12.0 Å². The SMILES string of the molecule is O=C(Nc1cccc(C(=O)N[C@H](Cc2ccccc2)C(=O)O)c1)NC1CC1. The number of benzene rings is 2. The Morgan fingerprint density at radius 2 is 1.78 bits per heavy atom. The molecule has 27 heavy (non-hydrogen) atoms. The second kappa shape index (κ2) is 8.35. The molecule has 0 aliphatic heterocycles. The van der Waals surface area contributed by atoms with Crippen molar-refractivity contribution < 1.29 is 19.5 Å². The predicted octanol–water partition coefficient (Wildman–Crippen LogP) is 2.40. The van der Waals surface area contributed by atoms with E-state index in [9.17, 15) is 19.5 Å². The fraction of sp³-hybridized carbons (Fsp3) is 0.250. The second-order valence-electron chi connectivity index (χ2n) is 6.51. The van der Waals surface area contributed by atoms with E-state index in [1.807, 2.05) is 30.3 Å². The highest BCUT2D eigenvalue weighted by atomic mass is 16.4. The van der Waals surface area contributed by atoms with Crippen LogP contribution in [0.5, 0.6) is 0 Å². The fourth-order valence-corrected chi connectivity index (χ4v) is 2.61. The Balaban J connectivity index is 1.63. The molecule has 0 saturated heterocycles. The van der Waals surface area contributed by atoms with Gasteiger partial charge in [-0.2, -0.15) is 0 Å². The van der Waals surface area contributed by atoms with Crippen LogP contribution in [-0.4, -0.2) is 35.1 Å². The molecular weight excluding hydrogens is 346 g/mol. The van der Waals surface area contributed by atoms with Crippen molar-refractivity contribution in [3.8, 4) is 0 Å². The molecule has 140 valence electrons. The van der Waals surface area contributed by atoms with Crippen molar-refractivity contribution in [3.05, 3.63) is 65.7 Å². The van der Waals surface area contributed by atoms with Gasteiger partial charge in [-0.25, -0.2) is 9.59 Å². The summed E-state index contributed by atoms with van der Waals surface area (Å²) in [5.74, 6) is -1.62. The number of nitrogens with one attached hydrogen (secondary N) is 3. The molecule has 3 rings (SSSR count). The monoisotopic (exact) mass is 367 g/mol. The van der Waals surface area contributed by atoms with Crippen LogP contribution in [0, 0.1) is 0 Å². The summed E-state index contributed by atoms with van der Waals surface area (Å²) >= 11 is 0. The first-order valence-corrected chi connectivity index (χ1v) is 8.76. The van der Waals surface area contributed by atoms with E-state index in [2.05, 4.69) is 16.0 Å². The number of rotatable bonds is 7. The zero-order chi connectivity index (χ0) is 19.2. The van der Waals surface area contributed by atoms with Crippen molar-refractivity contribution >= 4 is 23.6 Å².